The van der Waals surface area contributed by atoms with Gasteiger partial charge in [-0.2, -0.15) is 0 Å². The van der Waals surface area contributed by atoms with E-state index in [2.05, 4.69) is 29.4 Å². The number of nitrogens with one attached hydrogen (secondary N) is 1. The molecule has 17 heavy (non-hydrogen) atoms. The number of hydrogen-bond acceptors (Lipinski definition) is 5. The van der Waals surface area contributed by atoms with E-state index >= 15 is 0 Å². The van der Waals surface area contributed by atoms with E-state index in [9.17, 15) is 0 Å². The number of nitrogens with zero attached hydrogens (tertiary/aromatic N) is 2. The lowest BCUT2D eigenvalue weighted by molar-refractivity contribution is 0.0802. The summed E-state index contributed by atoms with van der Waals surface area (Å²) in [5.74, 6) is 0.467. The van der Waals surface area contributed by atoms with Gasteiger partial charge in [0.2, 0.25) is 0 Å². The molecule has 2 rings (SSSR count). The SMILES string of the molecule is CCNC(CC)c1nnc(C2CCCOC2)s1. The quantitative estimate of drug-likeness (QED) is 0.878. The topological polar surface area (TPSA) is 47.0 Å². The van der Waals surface area contributed by atoms with Gasteiger partial charge in [-0.05, 0) is 25.8 Å². The minimum Gasteiger partial charge on any atom is -0.381 e. The number of aromatic nitrogens is 2. The Kier molecular flexibility index (Phi) is 4.88. The molecule has 0 aromatic carbocycles. The van der Waals surface area contributed by atoms with Crippen molar-refractivity contribution >= 4 is 11.3 Å². The molecular formula is C12H21N3OS. The minimum absolute atomic E-state index is 0.357. The Hall–Kier alpha value is -0.520. The first-order chi connectivity index (χ1) is 8.35. The molecule has 0 saturated carbocycles. The summed E-state index contributed by atoms with van der Waals surface area (Å²) >= 11 is 1.75. The maximum absolute atomic E-state index is 5.50. The summed E-state index contributed by atoms with van der Waals surface area (Å²) in [4.78, 5) is 0. The molecule has 0 bridgehead atoms. The molecule has 1 N–H and O–H groups in total. The highest BCUT2D eigenvalue weighted by Gasteiger charge is 2.22. The third-order valence-electron chi connectivity index (χ3n) is 3.12. The molecule has 1 aromatic heterocycles. The number of hydrogen-bond donors (Lipinski definition) is 1. The monoisotopic (exact) mass is 255 g/mol. The van der Waals surface area contributed by atoms with Crippen LogP contribution in [0.2, 0.25) is 0 Å². The Bertz CT molecular complexity index is 317. The highest BCUT2D eigenvalue weighted by molar-refractivity contribution is 7.11. The van der Waals surface area contributed by atoms with Crippen molar-refractivity contribution in [2.45, 2.75) is 45.1 Å². The van der Waals surface area contributed by atoms with Gasteiger partial charge in [0.25, 0.3) is 0 Å². The van der Waals surface area contributed by atoms with Gasteiger partial charge in [0.15, 0.2) is 0 Å². The van der Waals surface area contributed by atoms with Crippen molar-refractivity contribution in [2.75, 3.05) is 19.8 Å². The molecule has 4 nitrogen and oxygen atoms in total. The molecule has 0 radical (unpaired) electrons. The lowest BCUT2D eigenvalue weighted by Gasteiger charge is -2.19. The second-order valence-electron chi connectivity index (χ2n) is 4.41. The van der Waals surface area contributed by atoms with E-state index in [0.717, 1.165) is 42.6 Å². The number of ether oxygens (including phenoxy) is 1. The zero-order valence-corrected chi connectivity index (χ0v) is 11.4. The predicted octanol–water partition coefficient (Wildman–Crippen LogP) is 2.49. The maximum Gasteiger partial charge on any atom is 0.134 e. The van der Waals surface area contributed by atoms with E-state index in [4.69, 9.17) is 4.74 Å². The zero-order valence-electron chi connectivity index (χ0n) is 10.6. The fourth-order valence-corrected chi connectivity index (χ4v) is 3.26. The van der Waals surface area contributed by atoms with Crippen molar-refractivity contribution in [3.8, 4) is 0 Å². The summed E-state index contributed by atoms with van der Waals surface area (Å²) in [6.07, 6.45) is 3.39. The van der Waals surface area contributed by atoms with Crippen LogP contribution in [-0.4, -0.2) is 30.0 Å². The molecule has 1 aliphatic heterocycles. The van der Waals surface area contributed by atoms with E-state index in [1.165, 1.54) is 6.42 Å². The van der Waals surface area contributed by atoms with Crippen LogP contribution >= 0.6 is 11.3 Å². The second-order valence-corrected chi connectivity index (χ2v) is 5.45. The third kappa shape index (κ3) is 3.24. The standard InChI is InChI=1S/C12H21N3OS/c1-3-10(13-4-2)12-15-14-11(17-12)9-6-5-7-16-8-9/h9-10,13H,3-8H2,1-2H3. The summed E-state index contributed by atoms with van der Waals surface area (Å²) in [6.45, 7) is 6.99. The summed E-state index contributed by atoms with van der Waals surface area (Å²) < 4.78 is 5.50. The smallest absolute Gasteiger partial charge is 0.134 e. The van der Waals surface area contributed by atoms with Gasteiger partial charge >= 0.3 is 0 Å². The summed E-state index contributed by atoms with van der Waals surface area (Å²) in [5, 5.41) is 14.4. The largest absolute Gasteiger partial charge is 0.381 e. The lowest BCUT2D eigenvalue weighted by atomic mass is 10.0. The molecule has 96 valence electrons. The molecule has 2 atom stereocenters. The van der Waals surface area contributed by atoms with Gasteiger partial charge in [0.05, 0.1) is 12.6 Å². The molecule has 0 amide bonds. The lowest BCUT2D eigenvalue weighted by Crippen LogP contribution is -2.19. The average molecular weight is 255 g/mol. The van der Waals surface area contributed by atoms with Gasteiger partial charge in [-0.25, -0.2) is 0 Å². The number of rotatable bonds is 5. The predicted molar refractivity (Wildman–Crippen MR) is 69.4 cm³/mol. The Labute approximate surface area is 107 Å². The van der Waals surface area contributed by atoms with Crippen LogP contribution < -0.4 is 5.32 Å². The van der Waals surface area contributed by atoms with Gasteiger partial charge < -0.3 is 10.1 Å². The van der Waals surface area contributed by atoms with Gasteiger partial charge in [-0.15, -0.1) is 10.2 Å². The molecule has 1 aromatic rings. The summed E-state index contributed by atoms with van der Waals surface area (Å²) in [5.41, 5.74) is 0. The van der Waals surface area contributed by atoms with Crippen molar-refractivity contribution in [1.29, 1.82) is 0 Å². The van der Waals surface area contributed by atoms with Crippen LogP contribution in [0.5, 0.6) is 0 Å². The highest BCUT2D eigenvalue weighted by Crippen LogP contribution is 2.30. The van der Waals surface area contributed by atoms with Crippen LogP contribution in [0.4, 0.5) is 0 Å². The molecule has 2 unspecified atom stereocenters. The van der Waals surface area contributed by atoms with Crippen LogP contribution in [0, 0.1) is 0 Å². The minimum atomic E-state index is 0.357. The van der Waals surface area contributed by atoms with E-state index in [-0.39, 0.29) is 0 Å². The molecular weight excluding hydrogens is 234 g/mol. The molecule has 1 fully saturated rings. The third-order valence-corrected chi connectivity index (χ3v) is 4.32. The normalized spacial score (nSPS) is 22.6. The van der Waals surface area contributed by atoms with Crippen LogP contribution in [0.1, 0.15) is 55.1 Å². The first-order valence-electron chi connectivity index (χ1n) is 6.49. The van der Waals surface area contributed by atoms with E-state index in [1.807, 2.05) is 0 Å². The molecule has 0 aliphatic carbocycles. The van der Waals surface area contributed by atoms with Crippen molar-refractivity contribution in [3.05, 3.63) is 10.0 Å². The Balaban J connectivity index is 2.03. The van der Waals surface area contributed by atoms with Crippen LogP contribution in [0.15, 0.2) is 0 Å². The Morgan fingerprint density at radius 3 is 3.00 bits per heavy atom. The van der Waals surface area contributed by atoms with Gasteiger partial charge in [-0.3, -0.25) is 0 Å². The van der Waals surface area contributed by atoms with Crippen molar-refractivity contribution in [2.24, 2.45) is 0 Å². The molecule has 2 heterocycles. The fourth-order valence-electron chi connectivity index (χ4n) is 2.14. The van der Waals surface area contributed by atoms with E-state index < -0.39 is 0 Å². The fraction of sp³-hybridized carbons (Fsp3) is 0.833. The van der Waals surface area contributed by atoms with Gasteiger partial charge in [-0.1, -0.05) is 25.2 Å². The van der Waals surface area contributed by atoms with E-state index in [0.29, 0.717) is 12.0 Å². The van der Waals surface area contributed by atoms with Crippen LogP contribution in [0.25, 0.3) is 0 Å². The Morgan fingerprint density at radius 1 is 1.47 bits per heavy atom. The maximum atomic E-state index is 5.50. The first-order valence-corrected chi connectivity index (χ1v) is 7.31. The summed E-state index contributed by atoms with van der Waals surface area (Å²) in [7, 11) is 0. The van der Waals surface area contributed by atoms with Crippen LogP contribution in [-0.2, 0) is 4.74 Å². The molecule has 1 aliphatic rings. The highest BCUT2D eigenvalue weighted by atomic mass is 32.1. The van der Waals surface area contributed by atoms with Gasteiger partial charge in [0.1, 0.15) is 10.0 Å². The van der Waals surface area contributed by atoms with Crippen molar-refractivity contribution < 1.29 is 4.74 Å². The second kappa shape index (κ2) is 6.42. The van der Waals surface area contributed by atoms with Crippen LogP contribution in [0.3, 0.4) is 0 Å². The molecule has 1 saturated heterocycles. The van der Waals surface area contributed by atoms with Crippen molar-refractivity contribution in [3.63, 3.8) is 0 Å². The molecule has 0 spiro atoms. The summed E-state index contributed by atoms with van der Waals surface area (Å²) in [6, 6.07) is 0.357. The van der Waals surface area contributed by atoms with E-state index in [1.54, 1.807) is 11.3 Å². The van der Waals surface area contributed by atoms with Gasteiger partial charge in [0, 0.05) is 12.5 Å². The average Bonchev–Trinajstić information content (AvgIpc) is 2.86. The first kappa shape index (κ1) is 12.9. The van der Waals surface area contributed by atoms with Crippen molar-refractivity contribution in [1.82, 2.24) is 15.5 Å². The Morgan fingerprint density at radius 2 is 2.35 bits per heavy atom. The zero-order chi connectivity index (χ0) is 12.1. The molecule has 5 heteroatoms.